The van der Waals surface area contributed by atoms with Crippen molar-refractivity contribution in [1.82, 2.24) is 5.32 Å². The third-order valence-corrected chi connectivity index (χ3v) is 3.38. The molecule has 4 heteroatoms. The maximum atomic E-state index is 11.9. The molecule has 0 heterocycles. The summed E-state index contributed by atoms with van der Waals surface area (Å²) >= 11 is 0. The number of nitrogens with one attached hydrogen (secondary N) is 1. The van der Waals surface area contributed by atoms with E-state index < -0.39 is 0 Å². The lowest BCUT2D eigenvalue weighted by Crippen LogP contribution is -2.42. The van der Waals surface area contributed by atoms with Crippen LogP contribution < -0.4 is 5.32 Å². The van der Waals surface area contributed by atoms with Crippen molar-refractivity contribution >= 4 is 5.97 Å². The first-order valence-electron chi connectivity index (χ1n) is 8.55. The van der Waals surface area contributed by atoms with E-state index in [2.05, 4.69) is 19.2 Å². The van der Waals surface area contributed by atoms with Crippen molar-refractivity contribution < 1.29 is 14.3 Å². The number of esters is 1. The van der Waals surface area contributed by atoms with Gasteiger partial charge >= 0.3 is 5.97 Å². The molecule has 4 nitrogen and oxygen atoms in total. The number of hydrogen-bond donors (Lipinski definition) is 1. The Morgan fingerprint density at radius 1 is 1.05 bits per heavy atom. The average Bonchev–Trinajstić information content (AvgIpc) is 2.42. The molecule has 0 saturated heterocycles. The summed E-state index contributed by atoms with van der Waals surface area (Å²) in [7, 11) is 0. The van der Waals surface area contributed by atoms with Crippen LogP contribution in [0.1, 0.15) is 73.1 Å². The first-order chi connectivity index (χ1) is 10.0. The minimum atomic E-state index is -0.266. The van der Waals surface area contributed by atoms with Crippen LogP contribution in [0.4, 0.5) is 0 Å². The van der Waals surface area contributed by atoms with Crippen molar-refractivity contribution in [1.29, 1.82) is 0 Å². The van der Waals surface area contributed by atoms with Crippen LogP contribution in [-0.4, -0.2) is 37.4 Å². The standard InChI is InChI=1S/C17H35NO3/c1-6-8-9-10-11-15(5)21-13-12-16(18-14(3)4)17(19)20-7-2/h14-16,18H,6-13H2,1-5H3. The predicted octanol–water partition coefficient (Wildman–Crippen LogP) is 3.68. The smallest absolute Gasteiger partial charge is 0.323 e. The van der Waals surface area contributed by atoms with Gasteiger partial charge in [-0.05, 0) is 26.7 Å². The van der Waals surface area contributed by atoms with E-state index in [1.165, 1.54) is 25.7 Å². The van der Waals surface area contributed by atoms with Crippen molar-refractivity contribution in [3.05, 3.63) is 0 Å². The van der Waals surface area contributed by atoms with Gasteiger partial charge in [-0.25, -0.2) is 0 Å². The van der Waals surface area contributed by atoms with E-state index in [4.69, 9.17) is 9.47 Å². The molecule has 0 amide bonds. The highest BCUT2D eigenvalue weighted by atomic mass is 16.5. The second-order valence-corrected chi connectivity index (χ2v) is 5.95. The lowest BCUT2D eigenvalue weighted by molar-refractivity contribution is -0.146. The van der Waals surface area contributed by atoms with Crippen molar-refractivity contribution in [2.45, 2.75) is 91.3 Å². The maximum Gasteiger partial charge on any atom is 0.323 e. The molecule has 2 unspecified atom stereocenters. The number of rotatable bonds is 13. The first kappa shape index (κ1) is 20.4. The van der Waals surface area contributed by atoms with Crippen LogP contribution in [0.25, 0.3) is 0 Å². The topological polar surface area (TPSA) is 47.6 Å². The second kappa shape index (κ2) is 13.1. The minimum absolute atomic E-state index is 0.176. The van der Waals surface area contributed by atoms with Crippen molar-refractivity contribution in [2.75, 3.05) is 13.2 Å². The molecule has 21 heavy (non-hydrogen) atoms. The number of unbranched alkanes of at least 4 members (excludes halogenated alkanes) is 3. The number of carbonyl (C=O) groups excluding carboxylic acids is 1. The largest absolute Gasteiger partial charge is 0.465 e. The summed E-state index contributed by atoms with van der Waals surface area (Å²) in [5.74, 6) is -0.176. The molecule has 0 aromatic carbocycles. The number of hydrogen-bond acceptors (Lipinski definition) is 4. The molecule has 126 valence electrons. The fourth-order valence-corrected chi connectivity index (χ4v) is 2.24. The van der Waals surface area contributed by atoms with Crippen LogP contribution in [-0.2, 0) is 14.3 Å². The summed E-state index contributed by atoms with van der Waals surface area (Å²) < 4.78 is 10.9. The Morgan fingerprint density at radius 2 is 1.76 bits per heavy atom. The van der Waals surface area contributed by atoms with Gasteiger partial charge in [-0.15, -0.1) is 0 Å². The Balaban J connectivity index is 3.92. The van der Waals surface area contributed by atoms with Gasteiger partial charge in [0.05, 0.1) is 12.7 Å². The summed E-state index contributed by atoms with van der Waals surface area (Å²) in [4.78, 5) is 11.9. The van der Waals surface area contributed by atoms with Gasteiger partial charge in [-0.1, -0.05) is 46.5 Å². The van der Waals surface area contributed by atoms with E-state index >= 15 is 0 Å². The Labute approximate surface area is 131 Å². The van der Waals surface area contributed by atoms with Crippen molar-refractivity contribution in [2.24, 2.45) is 0 Å². The Bertz CT molecular complexity index is 256. The summed E-state index contributed by atoms with van der Waals surface area (Å²) in [5, 5.41) is 3.24. The molecule has 1 N–H and O–H groups in total. The van der Waals surface area contributed by atoms with Gasteiger partial charge < -0.3 is 14.8 Å². The van der Waals surface area contributed by atoms with Crippen molar-refractivity contribution in [3.63, 3.8) is 0 Å². The Hall–Kier alpha value is -0.610. The highest BCUT2D eigenvalue weighted by molar-refractivity contribution is 5.75. The molecule has 0 rings (SSSR count). The van der Waals surface area contributed by atoms with Gasteiger partial charge in [0.25, 0.3) is 0 Å². The molecule has 0 aliphatic heterocycles. The number of carbonyl (C=O) groups is 1. The van der Waals surface area contributed by atoms with E-state index in [9.17, 15) is 4.79 Å². The normalized spacial score (nSPS) is 14.2. The molecule has 0 fully saturated rings. The lowest BCUT2D eigenvalue weighted by Gasteiger charge is -2.21. The SMILES string of the molecule is CCCCCCC(C)OCCC(NC(C)C)C(=O)OCC. The molecule has 0 aliphatic carbocycles. The highest BCUT2D eigenvalue weighted by Gasteiger charge is 2.20. The van der Waals surface area contributed by atoms with Crippen molar-refractivity contribution in [3.8, 4) is 0 Å². The molecular formula is C17H35NO3. The molecule has 0 saturated carbocycles. The molecule has 0 radical (unpaired) electrons. The van der Waals surface area contributed by atoms with Gasteiger partial charge in [0.2, 0.25) is 0 Å². The second-order valence-electron chi connectivity index (χ2n) is 5.95. The summed E-state index contributed by atoms with van der Waals surface area (Å²) in [6.45, 7) is 11.2. The van der Waals surface area contributed by atoms with E-state index in [1.807, 2.05) is 20.8 Å². The van der Waals surface area contributed by atoms with Crippen LogP contribution in [0.5, 0.6) is 0 Å². The molecule has 2 atom stereocenters. The molecule has 0 bridgehead atoms. The number of ether oxygens (including phenoxy) is 2. The van der Waals surface area contributed by atoms with Gasteiger partial charge in [0.1, 0.15) is 6.04 Å². The highest BCUT2D eigenvalue weighted by Crippen LogP contribution is 2.09. The molecule has 0 spiro atoms. The zero-order valence-corrected chi connectivity index (χ0v) is 14.6. The molecular weight excluding hydrogens is 266 g/mol. The van der Waals surface area contributed by atoms with Gasteiger partial charge in [-0.2, -0.15) is 0 Å². The predicted molar refractivity (Wildman–Crippen MR) is 87.5 cm³/mol. The zero-order chi connectivity index (χ0) is 16.1. The molecule has 0 aliphatic rings. The van der Waals surface area contributed by atoms with E-state index in [1.54, 1.807) is 0 Å². The van der Waals surface area contributed by atoms with Gasteiger partial charge in [-0.3, -0.25) is 4.79 Å². The first-order valence-corrected chi connectivity index (χ1v) is 8.55. The lowest BCUT2D eigenvalue weighted by atomic mass is 10.1. The minimum Gasteiger partial charge on any atom is -0.465 e. The van der Waals surface area contributed by atoms with Crippen LogP contribution in [0.2, 0.25) is 0 Å². The molecule has 0 aromatic rings. The van der Waals surface area contributed by atoms with E-state index in [0.29, 0.717) is 19.6 Å². The zero-order valence-electron chi connectivity index (χ0n) is 14.6. The van der Waals surface area contributed by atoms with Crippen LogP contribution in [0.15, 0.2) is 0 Å². The summed E-state index contributed by atoms with van der Waals surface area (Å²) in [5.41, 5.74) is 0. The van der Waals surface area contributed by atoms with Gasteiger partial charge in [0, 0.05) is 12.6 Å². The third kappa shape index (κ3) is 11.7. The monoisotopic (exact) mass is 301 g/mol. The summed E-state index contributed by atoms with van der Waals surface area (Å²) in [6.07, 6.45) is 7.10. The fourth-order valence-electron chi connectivity index (χ4n) is 2.24. The average molecular weight is 301 g/mol. The Kier molecular flexibility index (Phi) is 12.7. The van der Waals surface area contributed by atoms with Crippen LogP contribution >= 0.6 is 0 Å². The third-order valence-electron chi connectivity index (χ3n) is 3.38. The van der Waals surface area contributed by atoms with Crippen LogP contribution in [0.3, 0.4) is 0 Å². The van der Waals surface area contributed by atoms with Crippen LogP contribution in [0, 0.1) is 0 Å². The van der Waals surface area contributed by atoms with Gasteiger partial charge in [0.15, 0.2) is 0 Å². The Morgan fingerprint density at radius 3 is 2.33 bits per heavy atom. The quantitative estimate of drug-likeness (QED) is 0.416. The summed E-state index contributed by atoms with van der Waals surface area (Å²) in [6, 6.07) is -0.0110. The molecule has 0 aromatic heterocycles. The maximum absolute atomic E-state index is 11.9. The van der Waals surface area contributed by atoms with E-state index in [0.717, 1.165) is 6.42 Å². The fraction of sp³-hybridized carbons (Fsp3) is 0.941. The van der Waals surface area contributed by atoms with E-state index in [-0.39, 0.29) is 24.2 Å².